The van der Waals surface area contributed by atoms with Crippen molar-refractivity contribution in [1.82, 2.24) is 14.5 Å². The van der Waals surface area contributed by atoms with Crippen LogP contribution in [0, 0.1) is 5.92 Å². The van der Waals surface area contributed by atoms with Gasteiger partial charge in [0.05, 0.1) is 18.6 Å². The maximum absolute atomic E-state index is 11.2. The summed E-state index contributed by atoms with van der Waals surface area (Å²) in [5.74, 6) is 0.773. The third-order valence-electron chi connectivity index (χ3n) is 3.54. The van der Waals surface area contributed by atoms with E-state index >= 15 is 0 Å². The molecular weight excluding hydrogens is 266 g/mol. The summed E-state index contributed by atoms with van der Waals surface area (Å²) in [6.07, 6.45) is 6.42. The molecule has 1 N–H and O–H groups in total. The molecule has 0 radical (unpaired) electrons. The largest absolute Gasteiger partial charge is 0.370 e. The summed E-state index contributed by atoms with van der Waals surface area (Å²) in [5, 5.41) is 4.57. The standard InChI is InChI=1S/C12H19N3O3S/c1-19(16,17)13-6-11-12-10(4-5-18-11)8-15(14-12)7-9-2-3-9/h8-9,11,13H,2-7H2,1H3/t11-/m1/s1. The molecule has 6 nitrogen and oxygen atoms in total. The van der Waals surface area contributed by atoms with E-state index in [-0.39, 0.29) is 12.6 Å². The van der Waals surface area contributed by atoms with Gasteiger partial charge in [-0.15, -0.1) is 0 Å². The van der Waals surface area contributed by atoms with Gasteiger partial charge < -0.3 is 4.74 Å². The molecule has 1 aliphatic heterocycles. The molecule has 2 aliphatic rings. The van der Waals surface area contributed by atoms with Gasteiger partial charge in [0.15, 0.2) is 0 Å². The molecule has 0 amide bonds. The van der Waals surface area contributed by atoms with Crippen LogP contribution in [-0.4, -0.2) is 37.6 Å². The fraction of sp³-hybridized carbons (Fsp3) is 0.750. The van der Waals surface area contributed by atoms with Gasteiger partial charge in [-0.25, -0.2) is 13.1 Å². The zero-order chi connectivity index (χ0) is 13.5. The number of sulfonamides is 1. The first-order chi connectivity index (χ1) is 9.01. The van der Waals surface area contributed by atoms with Gasteiger partial charge in [-0.1, -0.05) is 0 Å². The summed E-state index contributed by atoms with van der Waals surface area (Å²) in [7, 11) is -3.19. The lowest BCUT2D eigenvalue weighted by Gasteiger charge is -2.21. The highest BCUT2D eigenvalue weighted by Gasteiger charge is 2.27. The Morgan fingerprint density at radius 2 is 2.32 bits per heavy atom. The molecule has 0 bridgehead atoms. The molecule has 0 unspecified atom stereocenters. The fourth-order valence-electron chi connectivity index (χ4n) is 2.37. The van der Waals surface area contributed by atoms with Gasteiger partial charge in [0.1, 0.15) is 6.10 Å². The Balaban J connectivity index is 1.72. The van der Waals surface area contributed by atoms with Crippen molar-refractivity contribution in [2.24, 2.45) is 5.92 Å². The smallest absolute Gasteiger partial charge is 0.208 e. The second-order valence-electron chi connectivity index (χ2n) is 5.44. The maximum Gasteiger partial charge on any atom is 0.208 e. The number of nitrogens with one attached hydrogen (secondary N) is 1. The highest BCUT2D eigenvalue weighted by Crippen LogP contribution is 2.32. The van der Waals surface area contributed by atoms with E-state index in [1.807, 2.05) is 4.68 Å². The third kappa shape index (κ3) is 3.34. The first-order valence-electron chi connectivity index (χ1n) is 6.64. The lowest BCUT2D eigenvalue weighted by molar-refractivity contribution is 0.0430. The molecule has 0 saturated heterocycles. The van der Waals surface area contributed by atoms with Gasteiger partial charge in [-0.2, -0.15) is 5.10 Å². The molecule has 0 spiro atoms. The molecule has 106 valence electrons. The fourth-order valence-corrected chi connectivity index (χ4v) is 2.83. The van der Waals surface area contributed by atoms with E-state index in [1.54, 1.807) is 0 Å². The number of fused-ring (bicyclic) bond motifs is 1. The average Bonchev–Trinajstić information content (AvgIpc) is 3.03. The van der Waals surface area contributed by atoms with Gasteiger partial charge in [0.25, 0.3) is 0 Å². The monoisotopic (exact) mass is 285 g/mol. The molecule has 1 aromatic heterocycles. The molecule has 0 aromatic carbocycles. The molecule has 1 atom stereocenters. The normalized spacial score (nSPS) is 23.3. The minimum absolute atomic E-state index is 0.256. The molecule has 1 saturated carbocycles. The van der Waals surface area contributed by atoms with E-state index in [2.05, 4.69) is 16.0 Å². The van der Waals surface area contributed by atoms with Crippen molar-refractivity contribution in [3.63, 3.8) is 0 Å². The van der Waals surface area contributed by atoms with Crippen molar-refractivity contribution >= 4 is 10.0 Å². The van der Waals surface area contributed by atoms with Gasteiger partial charge in [0, 0.05) is 19.3 Å². The Morgan fingerprint density at radius 3 is 3.00 bits per heavy atom. The van der Waals surface area contributed by atoms with Gasteiger partial charge in [0.2, 0.25) is 10.0 Å². The second kappa shape index (κ2) is 4.88. The average molecular weight is 285 g/mol. The number of ether oxygens (including phenoxy) is 1. The molecule has 2 heterocycles. The van der Waals surface area contributed by atoms with Crippen LogP contribution >= 0.6 is 0 Å². The van der Waals surface area contributed by atoms with Crippen LogP contribution in [0.15, 0.2) is 6.20 Å². The van der Waals surface area contributed by atoms with Gasteiger partial charge >= 0.3 is 0 Å². The number of rotatable bonds is 5. The summed E-state index contributed by atoms with van der Waals surface area (Å²) >= 11 is 0. The highest BCUT2D eigenvalue weighted by molar-refractivity contribution is 7.88. The van der Waals surface area contributed by atoms with E-state index in [0.717, 1.165) is 30.8 Å². The molecule has 19 heavy (non-hydrogen) atoms. The number of hydrogen-bond donors (Lipinski definition) is 1. The predicted molar refractivity (Wildman–Crippen MR) is 70.2 cm³/mol. The first kappa shape index (κ1) is 13.1. The van der Waals surface area contributed by atoms with Crippen molar-refractivity contribution < 1.29 is 13.2 Å². The van der Waals surface area contributed by atoms with Gasteiger partial charge in [-0.3, -0.25) is 4.68 Å². The topological polar surface area (TPSA) is 73.2 Å². The van der Waals surface area contributed by atoms with Crippen molar-refractivity contribution in [1.29, 1.82) is 0 Å². The number of nitrogens with zero attached hydrogens (tertiary/aromatic N) is 2. The van der Waals surface area contributed by atoms with E-state index < -0.39 is 10.0 Å². The van der Waals surface area contributed by atoms with Crippen molar-refractivity contribution in [2.75, 3.05) is 19.4 Å². The summed E-state index contributed by atoms with van der Waals surface area (Å²) in [6, 6.07) is 0. The Labute approximate surface area is 113 Å². The van der Waals surface area contributed by atoms with Crippen LogP contribution in [0.1, 0.15) is 30.2 Å². The lowest BCUT2D eigenvalue weighted by atomic mass is 10.1. The number of hydrogen-bond acceptors (Lipinski definition) is 4. The molecule has 7 heteroatoms. The molecular formula is C12H19N3O3S. The first-order valence-corrected chi connectivity index (χ1v) is 8.53. The Hall–Kier alpha value is -0.920. The van der Waals surface area contributed by atoms with E-state index in [4.69, 9.17) is 4.74 Å². The summed E-state index contributed by atoms with van der Waals surface area (Å²) in [4.78, 5) is 0. The van der Waals surface area contributed by atoms with E-state index in [0.29, 0.717) is 6.61 Å². The summed E-state index contributed by atoms with van der Waals surface area (Å²) in [5.41, 5.74) is 2.08. The Kier molecular flexibility index (Phi) is 3.36. The zero-order valence-electron chi connectivity index (χ0n) is 11.0. The molecule has 1 fully saturated rings. The Bertz CT molecular complexity index is 563. The molecule has 3 rings (SSSR count). The Morgan fingerprint density at radius 1 is 1.53 bits per heavy atom. The van der Waals surface area contributed by atoms with Crippen LogP contribution in [0.3, 0.4) is 0 Å². The van der Waals surface area contributed by atoms with E-state index in [9.17, 15) is 8.42 Å². The minimum atomic E-state index is -3.19. The van der Waals surface area contributed by atoms with Crippen molar-refractivity contribution in [3.05, 3.63) is 17.5 Å². The quantitative estimate of drug-likeness (QED) is 0.853. The van der Waals surface area contributed by atoms with Gasteiger partial charge in [-0.05, 0) is 30.7 Å². The number of aromatic nitrogens is 2. The SMILES string of the molecule is CS(=O)(=O)NC[C@H]1OCCc2cn(CC3CC3)nc21. The molecule has 1 aliphatic carbocycles. The zero-order valence-corrected chi connectivity index (χ0v) is 11.8. The van der Waals surface area contributed by atoms with Crippen LogP contribution in [0.2, 0.25) is 0 Å². The van der Waals surface area contributed by atoms with Crippen LogP contribution < -0.4 is 4.72 Å². The molecule has 1 aromatic rings. The maximum atomic E-state index is 11.2. The summed E-state index contributed by atoms with van der Waals surface area (Å²) < 4.78 is 32.4. The minimum Gasteiger partial charge on any atom is -0.370 e. The predicted octanol–water partition coefficient (Wildman–Crippen LogP) is 0.456. The lowest BCUT2D eigenvalue weighted by Crippen LogP contribution is -2.31. The summed E-state index contributed by atoms with van der Waals surface area (Å²) in [6.45, 7) is 1.85. The highest BCUT2D eigenvalue weighted by atomic mass is 32.2. The van der Waals surface area contributed by atoms with E-state index in [1.165, 1.54) is 18.4 Å². The van der Waals surface area contributed by atoms with Crippen LogP contribution in [-0.2, 0) is 27.7 Å². The second-order valence-corrected chi connectivity index (χ2v) is 7.27. The van der Waals surface area contributed by atoms with Crippen molar-refractivity contribution in [2.45, 2.75) is 31.9 Å². The van der Waals surface area contributed by atoms with Crippen LogP contribution in [0.5, 0.6) is 0 Å². The van der Waals surface area contributed by atoms with Crippen LogP contribution in [0.4, 0.5) is 0 Å². The van der Waals surface area contributed by atoms with Crippen molar-refractivity contribution in [3.8, 4) is 0 Å². The van der Waals surface area contributed by atoms with Crippen LogP contribution in [0.25, 0.3) is 0 Å². The third-order valence-corrected chi connectivity index (χ3v) is 4.23.